The van der Waals surface area contributed by atoms with Crippen molar-refractivity contribution in [3.8, 4) is 0 Å². The number of ketones is 1. The molecule has 0 radical (unpaired) electrons. The third-order valence-electron chi connectivity index (χ3n) is 2.26. The molecule has 1 aromatic rings. The molecule has 0 aliphatic carbocycles. The summed E-state index contributed by atoms with van der Waals surface area (Å²) in [5.74, 6) is -0.0177. The van der Waals surface area contributed by atoms with Crippen LogP contribution in [0.25, 0.3) is 0 Å². The lowest BCUT2D eigenvalue weighted by Crippen LogP contribution is -2.17. The number of carbonyl (C=O) groups excluding carboxylic acids is 1. The number of rotatable bonds is 4. The summed E-state index contributed by atoms with van der Waals surface area (Å²) in [4.78, 5) is 20.2. The van der Waals surface area contributed by atoms with Gasteiger partial charge in [-0.25, -0.2) is 0 Å². The molecule has 0 aromatic heterocycles. The third-order valence-corrected chi connectivity index (χ3v) is 2.61. The molecule has 0 heterocycles. The van der Waals surface area contributed by atoms with Gasteiger partial charge in [-0.1, -0.05) is 12.1 Å². The van der Waals surface area contributed by atoms with Gasteiger partial charge >= 0.3 is 0 Å². The Hall–Kier alpha value is -1.42. The first-order chi connectivity index (χ1) is 7.33. The molecule has 86 valence electrons. The number of nitro benzene ring substituents is 1. The van der Waals surface area contributed by atoms with Crippen LogP contribution in [-0.2, 0) is 9.67 Å². The Balaban J connectivity index is 2.96. The molecule has 4 nitrogen and oxygen atoms in total. The van der Waals surface area contributed by atoms with Crippen LogP contribution in [0.2, 0.25) is 0 Å². The summed E-state index contributed by atoms with van der Waals surface area (Å²) in [6.45, 7) is 3.18. The van der Waals surface area contributed by atoms with Gasteiger partial charge in [-0.3, -0.25) is 14.9 Å². The molecular formula is C11H12ClNO3. The van der Waals surface area contributed by atoms with Gasteiger partial charge in [-0.2, -0.15) is 0 Å². The van der Waals surface area contributed by atoms with Gasteiger partial charge in [0.05, 0.1) is 9.80 Å². The second kappa shape index (κ2) is 4.61. The van der Waals surface area contributed by atoms with Crippen molar-refractivity contribution in [2.45, 2.75) is 25.1 Å². The van der Waals surface area contributed by atoms with Crippen LogP contribution in [-0.4, -0.2) is 10.7 Å². The summed E-state index contributed by atoms with van der Waals surface area (Å²) in [5.41, 5.74) is 0.717. The van der Waals surface area contributed by atoms with Crippen molar-refractivity contribution in [1.82, 2.24) is 0 Å². The highest BCUT2D eigenvalue weighted by molar-refractivity contribution is 6.24. The Morgan fingerprint density at radius 2 is 1.94 bits per heavy atom. The van der Waals surface area contributed by atoms with Gasteiger partial charge in [0.2, 0.25) is 0 Å². The highest BCUT2D eigenvalue weighted by Gasteiger charge is 2.25. The van der Waals surface area contributed by atoms with Crippen molar-refractivity contribution < 1.29 is 9.72 Å². The summed E-state index contributed by atoms with van der Waals surface area (Å²) in [7, 11) is 0. The average molecular weight is 242 g/mol. The van der Waals surface area contributed by atoms with Crippen molar-refractivity contribution >= 4 is 23.1 Å². The standard InChI is InChI=1S/C11H12ClNO3/c1-8(14)7-11(2,12)9-3-5-10(6-4-9)13(15)16/h3-6H,7H2,1-2H3. The number of benzene rings is 1. The Labute approximate surface area is 98.4 Å². The number of nitrogens with zero attached hydrogens (tertiary/aromatic N) is 1. The largest absolute Gasteiger partial charge is 0.300 e. The second-order valence-electron chi connectivity index (χ2n) is 3.88. The third kappa shape index (κ3) is 3.03. The van der Waals surface area contributed by atoms with Crippen LogP contribution in [0.1, 0.15) is 25.8 Å². The molecule has 0 spiro atoms. The van der Waals surface area contributed by atoms with Gasteiger partial charge in [-0.05, 0) is 19.4 Å². The van der Waals surface area contributed by atoms with Gasteiger partial charge in [0.25, 0.3) is 5.69 Å². The Kier molecular flexibility index (Phi) is 3.65. The van der Waals surface area contributed by atoms with Crippen molar-refractivity contribution in [2.24, 2.45) is 0 Å². The maximum Gasteiger partial charge on any atom is 0.269 e. The van der Waals surface area contributed by atoms with Gasteiger partial charge in [0, 0.05) is 18.6 Å². The molecule has 0 bridgehead atoms. The lowest BCUT2D eigenvalue weighted by Gasteiger charge is -2.20. The van der Waals surface area contributed by atoms with Crippen LogP contribution in [0.4, 0.5) is 5.69 Å². The lowest BCUT2D eigenvalue weighted by atomic mass is 9.95. The van der Waals surface area contributed by atoms with E-state index >= 15 is 0 Å². The normalized spacial score (nSPS) is 14.2. The molecule has 1 aromatic carbocycles. The molecule has 1 unspecified atom stereocenters. The molecule has 0 saturated heterocycles. The molecule has 5 heteroatoms. The first kappa shape index (κ1) is 12.6. The van der Waals surface area contributed by atoms with E-state index in [1.165, 1.54) is 19.1 Å². The fraction of sp³-hybridized carbons (Fsp3) is 0.364. The van der Waals surface area contributed by atoms with E-state index in [2.05, 4.69) is 0 Å². The van der Waals surface area contributed by atoms with E-state index in [1.54, 1.807) is 19.1 Å². The van der Waals surface area contributed by atoms with Crippen LogP contribution in [0.15, 0.2) is 24.3 Å². The van der Waals surface area contributed by atoms with Crippen LogP contribution in [0, 0.1) is 10.1 Å². The Morgan fingerprint density at radius 3 is 2.31 bits per heavy atom. The molecule has 1 atom stereocenters. The number of hydrogen-bond donors (Lipinski definition) is 0. The van der Waals surface area contributed by atoms with Crippen LogP contribution in [0.3, 0.4) is 0 Å². The zero-order valence-electron chi connectivity index (χ0n) is 9.07. The first-order valence-corrected chi connectivity index (χ1v) is 5.14. The quantitative estimate of drug-likeness (QED) is 0.462. The summed E-state index contributed by atoms with van der Waals surface area (Å²) < 4.78 is 0. The predicted octanol–water partition coefficient (Wildman–Crippen LogP) is 3.03. The topological polar surface area (TPSA) is 60.2 Å². The van der Waals surface area contributed by atoms with E-state index in [0.29, 0.717) is 5.56 Å². The number of hydrogen-bond acceptors (Lipinski definition) is 3. The average Bonchev–Trinajstić information content (AvgIpc) is 2.16. The van der Waals surface area contributed by atoms with Crippen LogP contribution < -0.4 is 0 Å². The molecule has 0 aliphatic heterocycles. The molecule has 1 rings (SSSR count). The summed E-state index contributed by atoms with van der Waals surface area (Å²) in [5, 5.41) is 10.5. The van der Waals surface area contributed by atoms with Crippen LogP contribution in [0.5, 0.6) is 0 Å². The Bertz CT molecular complexity index is 412. The van der Waals surface area contributed by atoms with Gasteiger partial charge in [-0.15, -0.1) is 11.6 Å². The lowest BCUT2D eigenvalue weighted by molar-refractivity contribution is -0.384. The van der Waals surface area contributed by atoms with Crippen molar-refractivity contribution in [3.05, 3.63) is 39.9 Å². The van der Waals surface area contributed by atoms with E-state index in [0.717, 1.165) is 0 Å². The van der Waals surface area contributed by atoms with Crippen molar-refractivity contribution in [3.63, 3.8) is 0 Å². The molecule has 16 heavy (non-hydrogen) atoms. The summed E-state index contributed by atoms with van der Waals surface area (Å²) >= 11 is 6.20. The summed E-state index contributed by atoms with van der Waals surface area (Å²) in [6.07, 6.45) is 0.201. The monoisotopic (exact) mass is 241 g/mol. The highest BCUT2D eigenvalue weighted by Crippen LogP contribution is 2.33. The molecular weight excluding hydrogens is 230 g/mol. The Morgan fingerprint density at radius 1 is 1.44 bits per heavy atom. The minimum absolute atomic E-state index is 0.0130. The number of carbonyl (C=O) groups is 1. The van der Waals surface area contributed by atoms with Crippen molar-refractivity contribution in [1.29, 1.82) is 0 Å². The molecule has 0 N–H and O–H groups in total. The number of halogens is 1. The van der Waals surface area contributed by atoms with E-state index in [4.69, 9.17) is 11.6 Å². The van der Waals surface area contributed by atoms with E-state index in [-0.39, 0.29) is 17.9 Å². The summed E-state index contributed by atoms with van der Waals surface area (Å²) in [6, 6.07) is 5.92. The predicted molar refractivity (Wildman–Crippen MR) is 61.6 cm³/mol. The smallest absolute Gasteiger partial charge is 0.269 e. The molecule has 0 saturated carbocycles. The zero-order chi connectivity index (χ0) is 12.3. The van der Waals surface area contributed by atoms with E-state index < -0.39 is 9.80 Å². The molecule has 0 fully saturated rings. The minimum Gasteiger partial charge on any atom is -0.300 e. The highest BCUT2D eigenvalue weighted by atomic mass is 35.5. The van der Waals surface area contributed by atoms with Gasteiger partial charge < -0.3 is 0 Å². The van der Waals surface area contributed by atoms with E-state index in [9.17, 15) is 14.9 Å². The zero-order valence-corrected chi connectivity index (χ0v) is 9.82. The molecule has 0 aliphatic rings. The number of nitro groups is 1. The maximum absolute atomic E-state index is 11.0. The molecule has 0 amide bonds. The van der Waals surface area contributed by atoms with Gasteiger partial charge in [0.1, 0.15) is 5.78 Å². The van der Waals surface area contributed by atoms with E-state index in [1.807, 2.05) is 0 Å². The maximum atomic E-state index is 11.0. The fourth-order valence-electron chi connectivity index (χ4n) is 1.50. The fourth-order valence-corrected chi connectivity index (χ4v) is 1.81. The van der Waals surface area contributed by atoms with Crippen LogP contribution >= 0.6 is 11.6 Å². The van der Waals surface area contributed by atoms with Crippen molar-refractivity contribution in [2.75, 3.05) is 0 Å². The number of non-ortho nitro benzene ring substituents is 1. The minimum atomic E-state index is -0.805. The van der Waals surface area contributed by atoms with Gasteiger partial charge in [0.15, 0.2) is 0 Å². The number of Topliss-reactive ketones (excluding diaryl/α,β-unsaturated/α-hetero) is 1. The SMILES string of the molecule is CC(=O)CC(C)(Cl)c1ccc([N+](=O)[O-])cc1. The first-order valence-electron chi connectivity index (χ1n) is 4.76. The number of alkyl halides is 1. The second-order valence-corrected chi connectivity index (χ2v) is 4.71.